The first-order valence-corrected chi connectivity index (χ1v) is 7.71. The summed E-state index contributed by atoms with van der Waals surface area (Å²) in [6.45, 7) is 0. The Balaban J connectivity index is 1.76. The van der Waals surface area contributed by atoms with Crippen LogP contribution in [-0.2, 0) is 9.53 Å². The summed E-state index contributed by atoms with van der Waals surface area (Å²) < 4.78 is 4.71. The molecule has 1 aromatic heterocycles. The van der Waals surface area contributed by atoms with Crippen LogP contribution in [0.1, 0.15) is 42.6 Å². The molecule has 0 saturated carbocycles. The van der Waals surface area contributed by atoms with Crippen molar-refractivity contribution in [1.82, 2.24) is 10.2 Å². The number of benzene rings is 1. The molecule has 6 nitrogen and oxygen atoms in total. The second-order valence-corrected chi connectivity index (χ2v) is 5.66. The first-order chi connectivity index (χ1) is 11.2. The van der Waals surface area contributed by atoms with E-state index in [2.05, 4.69) is 21.6 Å². The van der Waals surface area contributed by atoms with Crippen molar-refractivity contribution in [3.05, 3.63) is 35.5 Å². The van der Waals surface area contributed by atoms with Crippen LogP contribution in [0.3, 0.4) is 0 Å². The van der Waals surface area contributed by atoms with Crippen molar-refractivity contribution in [2.45, 2.75) is 32.1 Å². The van der Waals surface area contributed by atoms with E-state index in [9.17, 15) is 9.59 Å². The number of hydrogen-bond acceptors (Lipinski definition) is 4. The lowest BCUT2D eigenvalue weighted by molar-refractivity contribution is -0.115. The third kappa shape index (κ3) is 3.41. The molecule has 3 rings (SSSR count). The Hall–Kier alpha value is -2.63. The number of methoxy groups -OCH3 is 1. The molecule has 2 aromatic rings. The Morgan fingerprint density at radius 3 is 2.96 bits per heavy atom. The van der Waals surface area contributed by atoms with Crippen LogP contribution in [-0.4, -0.2) is 29.2 Å². The number of esters is 1. The predicted molar refractivity (Wildman–Crippen MR) is 87.2 cm³/mol. The highest BCUT2D eigenvalue weighted by Gasteiger charge is 2.15. The number of amides is 1. The third-order valence-corrected chi connectivity index (χ3v) is 4.00. The lowest BCUT2D eigenvalue weighted by Crippen LogP contribution is -2.13. The Morgan fingerprint density at radius 2 is 2.22 bits per heavy atom. The number of carbonyl (C=O) groups is 2. The van der Waals surface area contributed by atoms with Crippen molar-refractivity contribution in [3.8, 4) is 0 Å². The van der Waals surface area contributed by atoms with Gasteiger partial charge in [0.25, 0.3) is 0 Å². The molecule has 1 amide bonds. The second kappa shape index (κ2) is 6.64. The van der Waals surface area contributed by atoms with Gasteiger partial charge in [-0.15, -0.1) is 0 Å². The van der Waals surface area contributed by atoms with E-state index >= 15 is 0 Å². The first kappa shape index (κ1) is 15.3. The molecule has 0 saturated heterocycles. The number of H-pyrrole nitrogens is 1. The SMILES string of the molecule is COC(=O)c1n[nH]c2ccc(NC(=O)CC3=CCCCC3)cc12. The molecule has 1 aliphatic carbocycles. The van der Waals surface area contributed by atoms with Gasteiger partial charge in [-0.2, -0.15) is 5.10 Å². The zero-order valence-corrected chi connectivity index (χ0v) is 13.0. The molecule has 0 atom stereocenters. The summed E-state index contributed by atoms with van der Waals surface area (Å²) in [6.07, 6.45) is 7.01. The molecule has 0 radical (unpaired) electrons. The number of allylic oxidation sites excluding steroid dienone is 1. The molecule has 0 unspecified atom stereocenters. The largest absolute Gasteiger partial charge is 0.464 e. The van der Waals surface area contributed by atoms with E-state index < -0.39 is 5.97 Å². The number of aromatic amines is 1. The van der Waals surface area contributed by atoms with Gasteiger partial charge in [-0.05, 0) is 43.9 Å². The highest BCUT2D eigenvalue weighted by Crippen LogP contribution is 2.23. The summed E-state index contributed by atoms with van der Waals surface area (Å²) in [4.78, 5) is 23.8. The van der Waals surface area contributed by atoms with Gasteiger partial charge in [0, 0.05) is 17.5 Å². The van der Waals surface area contributed by atoms with Gasteiger partial charge >= 0.3 is 5.97 Å². The number of nitrogens with zero attached hydrogens (tertiary/aromatic N) is 1. The van der Waals surface area contributed by atoms with Crippen LogP contribution < -0.4 is 5.32 Å². The van der Waals surface area contributed by atoms with Crippen molar-refractivity contribution in [2.75, 3.05) is 12.4 Å². The minimum absolute atomic E-state index is 0.0411. The topological polar surface area (TPSA) is 84.1 Å². The molecule has 23 heavy (non-hydrogen) atoms. The van der Waals surface area contributed by atoms with Crippen LogP contribution in [0.4, 0.5) is 5.69 Å². The van der Waals surface area contributed by atoms with Gasteiger partial charge in [0.15, 0.2) is 5.69 Å². The van der Waals surface area contributed by atoms with Crippen molar-refractivity contribution < 1.29 is 14.3 Å². The summed E-state index contributed by atoms with van der Waals surface area (Å²) in [7, 11) is 1.31. The standard InChI is InChI=1S/C17H19N3O3/c1-23-17(22)16-13-10-12(7-8-14(13)19-20-16)18-15(21)9-11-5-3-2-4-6-11/h5,7-8,10H,2-4,6,9H2,1H3,(H,18,21)(H,19,20). The lowest BCUT2D eigenvalue weighted by Gasteiger charge is -2.12. The maximum absolute atomic E-state index is 12.2. The number of fused-ring (bicyclic) bond motifs is 1. The predicted octanol–water partition coefficient (Wildman–Crippen LogP) is 3.18. The van der Waals surface area contributed by atoms with Gasteiger partial charge in [-0.25, -0.2) is 4.79 Å². The van der Waals surface area contributed by atoms with Crippen LogP contribution in [0, 0.1) is 0 Å². The van der Waals surface area contributed by atoms with Crippen LogP contribution in [0.15, 0.2) is 29.8 Å². The molecule has 1 heterocycles. The number of carbonyl (C=O) groups excluding carboxylic acids is 2. The maximum Gasteiger partial charge on any atom is 0.359 e. The molecular formula is C17H19N3O3. The molecule has 0 fully saturated rings. The van der Waals surface area contributed by atoms with Gasteiger partial charge in [-0.1, -0.05) is 11.6 Å². The molecule has 2 N–H and O–H groups in total. The molecule has 0 spiro atoms. The van der Waals surface area contributed by atoms with E-state index in [4.69, 9.17) is 4.74 Å². The molecule has 0 aliphatic heterocycles. The summed E-state index contributed by atoms with van der Waals surface area (Å²) in [5, 5.41) is 10.2. The molecule has 0 bridgehead atoms. The molecular weight excluding hydrogens is 294 g/mol. The smallest absolute Gasteiger partial charge is 0.359 e. The molecule has 1 aromatic carbocycles. The van der Waals surface area contributed by atoms with Crippen LogP contribution >= 0.6 is 0 Å². The van der Waals surface area contributed by atoms with E-state index in [1.807, 2.05) is 0 Å². The Bertz CT molecular complexity index is 776. The van der Waals surface area contributed by atoms with Crippen molar-refractivity contribution in [1.29, 1.82) is 0 Å². The van der Waals surface area contributed by atoms with E-state index in [0.717, 1.165) is 24.8 Å². The average Bonchev–Trinajstić information content (AvgIpc) is 2.98. The minimum Gasteiger partial charge on any atom is -0.464 e. The Labute approximate surface area is 133 Å². The van der Waals surface area contributed by atoms with Crippen LogP contribution in [0.5, 0.6) is 0 Å². The number of hydrogen-bond donors (Lipinski definition) is 2. The fraction of sp³-hybridized carbons (Fsp3) is 0.353. The fourth-order valence-corrected chi connectivity index (χ4v) is 2.82. The van der Waals surface area contributed by atoms with Gasteiger partial charge in [-0.3, -0.25) is 9.89 Å². The zero-order chi connectivity index (χ0) is 16.2. The van der Waals surface area contributed by atoms with E-state index in [0.29, 0.717) is 17.5 Å². The van der Waals surface area contributed by atoms with E-state index in [1.54, 1.807) is 18.2 Å². The van der Waals surface area contributed by atoms with Gasteiger partial charge in [0.1, 0.15) is 0 Å². The minimum atomic E-state index is -0.507. The van der Waals surface area contributed by atoms with Crippen molar-refractivity contribution in [3.63, 3.8) is 0 Å². The first-order valence-electron chi connectivity index (χ1n) is 7.71. The van der Waals surface area contributed by atoms with Crippen molar-refractivity contribution in [2.24, 2.45) is 0 Å². The summed E-state index contributed by atoms with van der Waals surface area (Å²) in [6, 6.07) is 5.30. The van der Waals surface area contributed by atoms with Crippen LogP contribution in [0.25, 0.3) is 10.9 Å². The number of ether oxygens (including phenoxy) is 1. The number of anilines is 1. The lowest BCUT2D eigenvalue weighted by atomic mass is 9.97. The maximum atomic E-state index is 12.2. The normalized spacial score (nSPS) is 14.4. The van der Waals surface area contributed by atoms with Gasteiger partial charge in [0.2, 0.25) is 5.91 Å². The van der Waals surface area contributed by atoms with Crippen molar-refractivity contribution >= 4 is 28.5 Å². The highest BCUT2D eigenvalue weighted by molar-refractivity contribution is 6.04. The monoisotopic (exact) mass is 313 g/mol. The highest BCUT2D eigenvalue weighted by atomic mass is 16.5. The average molecular weight is 313 g/mol. The summed E-state index contributed by atoms with van der Waals surface area (Å²) in [5.41, 5.74) is 2.78. The second-order valence-electron chi connectivity index (χ2n) is 5.66. The molecule has 6 heteroatoms. The third-order valence-electron chi connectivity index (χ3n) is 4.00. The van der Waals surface area contributed by atoms with E-state index in [1.165, 1.54) is 19.1 Å². The summed E-state index contributed by atoms with van der Waals surface area (Å²) in [5.74, 6) is -0.548. The Morgan fingerprint density at radius 1 is 1.35 bits per heavy atom. The molecule has 1 aliphatic rings. The van der Waals surface area contributed by atoms with Gasteiger partial charge < -0.3 is 10.1 Å². The fourth-order valence-electron chi connectivity index (χ4n) is 2.82. The number of nitrogens with one attached hydrogen (secondary N) is 2. The zero-order valence-electron chi connectivity index (χ0n) is 13.0. The molecule has 120 valence electrons. The van der Waals surface area contributed by atoms with E-state index in [-0.39, 0.29) is 11.6 Å². The summed E-state index contributed by atoms with van der Waals surface area (Å²) >= 11 is 0. The van der Waals surface area contributed by atoms with Gasteiger partial charge in [0.05, 0.1) is 12.6 Å². The quantitative estimate of drug-likeness (QED) is 0.670. The number of aromatic nitrogens is 2. The number of rotatable bonds is 4. The Kier molecular flexibility index (Phi) is 4.41. The van der Waals surface area contributed by atoms with Crippen LogP contribution in [0.2, 0.25) is 0 Å².